The average molecular weight is 574 g/mol. The molecule has 0 unspecified atom stereocenters. The van der Waals surface area contributed by atoms with Crippen LogP contribution in [-0.4, -0.2) is 52.8 Å². The van der Waals surface area contributed by atoms with Crippen molar-refractivity contribution in [2.45, 2.75) is 39.3 Å². The van der Waals surface area contributed by atoms with Gasteiger partial charge < -0.3 is 15.2 Å². The molecule has 3 N–H and O–H groups in total. The third-order valence-corrected chi connectivity index (χ3v) is 6.50. The number of H-pyrrole nitrogens is 1. The number of aliphatic hydroxyl groups excluding tert-OH is 1. The van der Waals surface area contributed by atoms with Crippen LogP contribution in [0.1, 0.15) is 42.9 Å². The molecule has 1 atom stereocenters. The number of carbonyl (C=O) groups excluding carboxylic acids is 1. The van der Waals surface area contributed by atoms with Crippen LogP contribution in [-0.2, 0) is 6.42 Å². The molecule has 5 rings (SSSR count). The van der Waals surface area contributed by atoms with Gasteiger partial charge >= 0.3 is 5.69 Å². The van der Waals surface area contributed by atoms with Crippen LogP contribution in [0.5, 0.6) is 11.5 Å². The van der Waals surface area contributed by atoms with E-state index in [1.807, 2.05) is 0 Å². The number of halogens is 1. The van der Waals surface area contributed by atoms with E-state index in [2.05, 4.69) is 25.5 Å². The molecule has 0 spiro atoms. The predicted octanol–water partition coefficient (Wildman–Crippen LogP) is 3.40. The number of aromatic nitrogens is 6. The van der Waals surface area contributed by atoms with Crippen LogP contribution in [0.15, 0.2) is 70.6 Å². The van der Waals surface area contributed by atoms with Gasteiger partial charge in [-0.3, -0.25) is 24.2 Å². The second-order valence-corrected chi connectivity index (χ2v) is 9.96. The fourth-order valence-electron chi connectivity index (χ4n) is 4.30. The van der Waals surface area contributed by atoms with Crippen molar-refractivity contribution in [3.63, 3.8) is 0 Å². The Bertz CT molecular complexity index is 1860. The summed E-state index contributed by atoms with van der Waals surface area (Å²) in [6.45, 7) is 5.22. The Morgan fingerprint density at radius 3 is 2.52 bits per heavy atom. The second kappa shape index (κ2) is 11.7. The van der Waals surface area contributed by atoms with E-state index in [1.54, 1.807) is 45.2 Å². The van der Waals surface area contributed by atoms with Gasteiger partial charge in [-0.25, -0.2) is 18.7 Å². The Labute approximate surface area is 238 Å². The van der Waals surface area contributed by atoms with E-state index in [-0.39, 0.29) is 36.4 Å². The SMILES string of the molecule is CC(C)n1cc(C(=O)Cc2ccc(Oc3ccnc4[nH]nc(N[C@H](C)CO)c34)cn2)c(=O)n(-c2ccc(F)cc2)c1=O. The highest BCUT2D eigenvalue weighted by molar-refractivity contribution is 5.97. The number of hydrogen-bond acceptors (Lipinski definition) is 9. The van der Waals surface area contributed by atoms with Gasteiger partial charge in [0.2, 0.25) is 0 Å². The third-order valence-electron chi connectivity index (χ3n) is 6.50. The third kappa shape index (κ3) is 5.67. The first-order valence-corrected chi connectivity index (χ1v) is 13.2. The van der Waals surface area contributed by atoms with Gasteiger partial charge in [-0.15, -0.1) is 0 Å². The summed E-state index contributed by atoms with van der Waals surface area (Å²) in [6, 6.07) is 9.21. The number of ketones is 1. The summed E-state index contributed by atoms with van der Waals surface area (Å²) in [5, 5.41) is 20.1. The molecule has 13 heteroatoms. The summed E-state index contributed by atoms with van der Waals surface area (Å²) in [7, 11) is 0. The number of ether oxygens (including phenoxy) is 1. The van der Waals surface area contributed by atoms with Gasteiger partial charge in [0, 0.05) is 36.2 Å². The average Bonchev–Trinajstić information content (AvgIpc) is 3.38. The fraction of sp³-hybridized carbons (Fsp3) is 0.241. The zero-order valence-corrected chi connectivity index (χ0v) is 23.0. The topological polar surface area (TPSA) is 157 Å². The summed E-state index contributed by atoms with van der Waals surface area (Å²) in [6.07, 6.45) is 4.07. The quantitative estimate of drug-likeness (QED) is 0.213. The lowest BCUT2D eigenvalue weighted by molar-refractivity contribution is 0.0989. The van der Waals surface area contributed by atoms with E-state index >= 15 is 0 Å². The molecule has 0 aliphatic rings. The predicted molar refractivity (Wildman–Crippen MR) is 153 cm³/mol. The van der Waals surface area contributed by atoms with Gasteiger partial charge in [0.1, 0.15) is 28.3 Å². The summed E-state index contributed by atoms with van der Waals surface area (Å²) in [5.74, 6) is 0.249. The maximum Gasteiger partial charge on any atom is 0.335 e. The lowest BCUT2D eigenvalue weighted by atomic mass is 10.1. The zero-order chi connectivity index (χ0) is 30.0. The van der Waals surface area contributed by atoms with Gasteiger partial charge in [-0.1, -0.05) is 0 Å². The number of aromatic amines is 1. The number of hydrogen-bond donors (Lipinski definition) is 3. The molecule has 42 heavy (non-hydrogen) atoms. The van der Waals surface area contributed by atoms with Crippen molar-refractivity contribution in [1.29, 1.82) is 0 Å². The van der Waals surface area contributed by atoms with Crippen molar-refractivity contribution < 1.29 is 19.0 Å². The van der Waals surface area contributed by atoms with Crippen molar-refractivity contribution >= 4 is 22.6 Å². The van der Waals surface area contributed by atoms with Crippen molar-refractivity contribution in [2.24, 2.45) is 0 Å². The molecule has 0 bridgehead atoms. The Morgan fingerprint density at radius 2 is 1.86 bits per heavy atom. The summed E-state index contributed by atoms with van der Waals surface area (Å²) in [5.41, 5.74) is -0.595. The number of anilines is 1. The normalized spacial score (nSPS) is 12.0. The van der Waals surface area contributed by atoms with Crippen molar-refractivity contribution in [3.05, 3.63) is 99.0 Å². The van der Waals surface area contributed by atoms with E-state index < -0.39 is 22.8 Å². The van der Waals surface area contributed by atoms with Crippen LogP contribution in [0.2, 0.25) is 0 Å². The molecule has 0 saturated carbocycles. The molecule has 216 valence electrons. The molecule has 0 aliphatic heterocycles. The lowest BCUT2D eigenvalue weighted by Gasteiger charge is -2.15. The first-order chi connectivity index (χ1) is 20.2. The highest BCUT2D eigenvalue weighted by Gasteiger charge is 2.21. The maximum atomic E-state index is 13.5. The summed E-state index contributed by atoms with van der Waals surface area (Å²) in [4.78, 5) is 48.2. The number of rotatable bonds is 10. The molecule has 0 amide bonds. The Kier molecular flexibility index (Phi) is 7.93. The molecule has 4 heterocycles. The maximum absolute atomic E-state index is 13.5. The standard InChI is InChI=1S/C29H28FN7O5/c1-16(2)36-14-22(28(40)37(29(36)41)20-7-4-18(30)5-8-20)23(39)12-19-6-9-21(13-32-19)42-24-10-11-31-26-25(24)27(35-34-26)33-17(3)15-38/h4-11,13-14,16-17,38H,12,15H2,1-3H3,(H2,31,33,34,35)/t17-/m1/s1. The number of carbonyl (C=O) groups is 1. The van der Waals surface area contributed by atoms with Crippen molar-refractivity contribution in [1.82, 2.24) is 29.3 Å². The minimum atomic E-state index is -0.796. The van der Waals surface area contributed by atoms with Crippen LogP contribution in [0.4, 0.5) is 10.2 Å². The molecule has 1 aromatic carbocycles. The van der Waals surface area contributed by atoms with Crippen LogP contribution >= 0.6 is 0 Å². The van der Waals surface area contributed by atoms with E-state index in [1.165, 1.54) is 29.1 Å². The van der Waals surface area contributed by atoms with Crippen LogP contribution in [0.3, 0.4) is 0 Å². The monoisotopic (exact) mass is 573 g/mol. The van der Waals surface area contributed by atoms with E-state index in [9.17, 15) is 23.9 Å². The first-order valence-electron chi connectivity index (χ1n) is 13.2. The number of nitrogens with one attached hydrogen (secondary N) is 2. The first kappa shape index (κ1) is 28.4. The van der Waals surface area contributed by atoms with Gasteiger partial charge in [0.15, 0.2) is 17.2 Å². The van der Waals surface area contributed by atoms with E-state index in [0.717, 1.165) is 16.7 Å². The fourth-order valence-corrected chi connectivity index (χ4v) is 4.30. The van der Waals surface area contributed by atoms with Crippen molar-refractivity contribution in [3.8, 4) is 17.2 Å². The van der Waals surface area contributed by atoms with Crippen LogP contribution in [0.25, 0.3) is 16.7 Å². The Morgan fingerprint density at radius 1 is 1.10 bits per heavy atom. The zero-order valence-electron chi connectivity index (χ0n) is 23.0. The molecule has 0 fully saturated rings. The molecular weight excluding hydrogens is 545 g/mol. The highest BCUT2D eigenvalue weighted by Crippen LogP contribution is 2.32. The second-order valence-electron chi connectivity index (χ2n) is 9.96. The molecule has 0 saturated heterocycles. The Hall–Kier alpha value is -5.17. The van der Waals surface area contributed by atoms with Crippen LogP contribution in [0, 0.1) is 5.82 Å². The molecular formula is C29H28FN7O5. The Balaban J connectivity index is 1.40. The minimum Gasteiger partial charge on any atom is -0.455 e. The van der Waals surface area contributed by atoms with Gasteiger partial charge in [0.05, 0.1) is 24.9 Å². The number of Topliss-reactive ketones (excluding diaryl/α,β-unsaturated/α-hetero) is 1. The van der Waals surface area contributed by atoms with Crippen molar-refractivity contribution in [2.75, 3.05) is 11.9 Å². The summed E-state index contributed by atoms with van der Waals surface area (Å²) >= 11 is 0. The van der Waals surface area contributed by atoms with Gasteiger partial charge in [-0.05, 0) is 57.2 Å². The molecule has 5 aromatic rings. The molecule has 4 aromatic heterocycles. The van der Waals surface area contributed by atoms with Crippen LogP contribution < -0.4 is 21.3 Å². The minimum absolute atomic E-state index is 0.0898. The number of fused-ring (bicyclic) bond motifs is 1. The number of aliphatic hydroxyl groups is 1. The summed E-state index contributed by atoms with van der Waals surface area (Å²) < 4.78 is 21.7. The number of benzene rings is 1. The number of nitrogens with zero attached hydrogens (tertiary/aromatic N) is 5. The lowest BCUT2D eigenvalue weighted by Crippen LogP contribution is -2.42. The molecule has 0 aliphatic carbocycles. The number of pyridine rings is 2. The van der Waals surface area contributed by atoms with E-state index in [4.69, 9.17) is 4.74 Å². The largest absolute Gasteiger partial charge is 0.455 e. The highest BCUT2D eigenvalue weighted by atomic mass is 19.1. The molecule has 12 nitrogen and oxygen atoms in total. The molecule has 0 radical (unpaired) electrons. The van der Waals surface area contributed by atoms with Gasteiger partial charge in [-0.2, -0.15) is 5.10 Å². The van der Waals surface area contributed by atoms with E-state index in [0.29, 0.717) is 34.0 Å². The van der Waals surface area contributed by atoms with Gasteiger partial charge in [0.25, 0.3) is 5.56 Å². The smallest absolute Gasteiger partial charge is 0.335 e.